The maximum Gasteiger partial charge on any atom is 0.317 e. The van der Waals surface area contributed by atoms with E-state index in [1.807, 2.05) is 0 Å². The van der Waals surface area contributed by atoms with Gasteiger partial charge in [-0.3, -0.25) is 0 Å². The Labute approximate surface area is 108 Å². The predicted octanol–water partition coefficient (Wildman–Crippen LogP) is 1.11. The fourth-order valence-corrected chi connectivity index (χ4v) is 2.86. The molecule has 0 aromatic heterocycles. The van der Waals surface area contributed by atoms with Crippen molar-refractivity contribution in [1.82, 2.24) is 10.2 Å². The van der Waals surface area contributed by atoms with Crippen molar-refractivity contribution in [2.45, 2.75) is 56.8 Å². The highest BCUT2D eigenvalue weighted by atomic mass is 16.5. The summed E-state index contributed by atoms with van der Waals surface area (Å²) in [6.07, 6.45) is 5.65. The largest absolute Gasteiger partial charge is 0.393 e. The molecule has 2 aliphatic rings. The highest BCUT2D eigenvalue weighted by Crippen LogP contribution is 2.21. The van der Waals surface area contributed by atoms with Gasteiger partial charge in [0, 0.05) is 20.2 Å². The summed E-state index contributed by atoms with van der Waals surface area (Å²) in [5.41, 5.74) is 0. The molecule has 1 saturated heterocycles. The maximum atomic E-state index is 12.1. The summed E-state index contributed by atoms with van der Waals surface area (Å²) >= 11 is 0. The van der Waals surface area contributed by atoms with E-state index in [9.17, 15) is 9.90 Å². The lowest BCUT2D eigenvalue weighted by atomic mass is 9.92. The molecule has 2 amide bonds. The molecule has 2 fully saturated rings. The Kier molecular flexibility index (Phi) is 4.83. The van der Waals surface area contributed by atoms with Gasteiger partial charge in [-0.05, 0) is 25.7 Å². The number of hydrogen-bond acceptors (Lipinski definition) is 3. The van der Waals surface area contributed by atoms with E-state index in [1.165, 1.54) is 6.42 Å². The summed E-state index contributed by atoms with van der Waals surface area (Å²) in [5.74, 6) is 0. The molecule has 1 saturated carbocycles. The number of methoxy groups -OCH3 is 1. The van der Waals surface area contributed by atoms with Crippen molar-refractivity contribution in [1.29, 1.82) is 0 Å². The number of carbonyl (C=O) groups excluding carboxylic acids is 1. The van der Waals surface area contributed by atoms with E-state index in [4.69, 9.17) is 4.74 Å². The Morgan fingerprint density at radius 2 is 1.89 bits per heavy atom. The highest BCUT2D eigenvalue weighted by Gasteiger charge is 2.29. The van der Waals surface area contributed by atoms with Crippen molar-refractivity contribution in [3.8, 4) is 0 Å². The van der Waals surface area contributed by atoms with Gasteiger partial charge in [0.25, 0.3) is 0 Å². The molecule has 2 atom stereocenters. The zero-order valence-electron chi connectivity index (χ0n) is 11.1. The van der Waals surface area contributed by atoms with Crippen molar-refractivity contribution in [2.24, 2.45) is 0 Å². The van der Waals surface area contributed by atoms with Gasteiger partial charge in [-0.1, -0.05) is 12.8 Å². The van der Waals surface area contributed by atoms with Gasteiger partial charge in [0.1, 0.15) is 0 Å². The molecule has 0 aromatic rings. The number of aliphatic hydroxyl groups excluding tert-OH is 1. The Balaban J connectivity index is 1.82. The van der Waals surface area contributed by atoms with Gasteiger partial charge in [-0.15, -0.1) is 0 Å². The SMILES string of the molecule is CO[C@@H]1CCCC[C@H]1NC(=O)N1CCC(O)CC1. The number of nitrogens with zero attached hydrogens (tertiary/aromatic N) is 1. The van der Waals surface area contributed by atoms with Gasteiger partial charge >= 0.3 is 6.03 Å². The Morgan fingerprint density at radius 3 is 2.56 bits per heavy atom. The van der Waals surface area contributed by atoms with Crippen LogP contribution in [0.2, 0.25) is 0 Å². The van der Waals surface area contributed by atoms with Crippen LogP contribution in [0.5, 0.6) is 0 Å². The van der Waals surface area contributed by atoms with E-state index in [-0.39, 0.29) is 24.3 Å². The molecular weight excluding hydrogens is 232 g/mol. The number of piperidine rings is 1. The number of hydrogen-bond donors (Lipinski definition) is 2. The van der Waals surface area contributed by atoms with Crippen molar-refractivity contribution in [2.75, 3.05) is 20.2 Å². The van der Waals surface area contributed by atoms with E-state index in [2.05, 4.69) is 5.32 Å². The molecule has 1 aliphatic heterocycles. The van der Waals surface area contributed by atoms with Crippen LogP contribution in [0.15, 0.2) is 0 Å². The lowest BCUT2D eigenvalue weighted by Crippen LogP contribution is -2.52. The molecular formula is C13H24N2O3. The van der Waals surface area contributed by atoms with E-state index in [1.54, 1.807) is 12.0 Å². The van der Waals surface area contributed by atoms with Crippen LogP contribution in [0.4, 0.5) is 4.79 Å². The molecule has 104 valence electrons. The summed E-state index contributed by atoms with van der Waals surface area (Å²) in [6.45, 7) is 1.30. The number of rotatable bonds is 2. The lowest BCUT2D eigenvalue weighted by Gasteiger charge is -2.35. The number of aliphatic hydroxyl groups is 1. The summed E-state index contributed by atoms with van der Waals surface area (Å²) in [6, 6.07) is 0.138. The third-order valence-corrected chi connectivity index (χ3v) is 4.07. The zero-order chi connectivity index (χ0) is 13.0. The van der Waals surface area contributed by atoms with E-state index >= 15 is 0 Å². The fourth-order valence-electron chi connectivity index (χ4n) is 2.86. The summed E-state index contributed by atoms with van der Waals surface area (Å²) in [5, 5.41) is 12.5. The Hall–Kier alpha value is -0.810. The van der Waals surface area contributed by atoms with Crippen LogP contribution in [0, 0.1) is 0 Å². The molecule has 2 rings (SSSR count). The first kappa shape index (κ1) is 13.6. The minimum Gasteiger partial charge on any atom is -0.393 e. The monoisotopic (exact) mass is 256 g/mol. The summed E-state index contributed by atoms with van der Waals surface area (Å²) in [7, 11) is 1.71. The lowest BCUT2D eigenvalue weighted by molar-refractivity contribution is 0.0405. The Bertz CT molecular complexity index is 277. The first-order valence-electron chi connectivity index (χ1n) is 6.97. The topological polar surface area (TPSA) is 61.8 Å². The first-order chi connectivity index (χ1) is 8.70. The molecule has 18 heavy (non-hydrogen) atoms. The first-order valence-corrected chi connectivity index (χ1v) is 6.97. The quantitative estimate of drug-likeness (QED) is 0.778. The van der Waals surface area contributed by atoms with Crippen molar-refractivity contribution in [3.63, 3.8) is 0 Å². The smallest absolute Gasteiger partial charge is 0.317 e. The molecule has 2 N–H and O–H groups in total. The molecule has 5 heteroatoms. The van der Waals surface area contributed by atoms with Gasteiger partial charge < -0.3 is 20.1 Å². The number of ether oxygens (including phenoxy) is 1. The minimum absolute atomic E-state index is 0.00384. The normalized spacial score (nSPS) is 30.2. The second kappa shape index (κ2) is 6.38. The molecule has 1 heterocycles. The number of carbonyl (C=O) groups is 1. The van der Waals surface area contributed by atoms with Crippen molar-refractivity contribution in [3.05, 3.63) is 0 Å². The molecule has 1 aliphatic carbocycles. The van der Waals surface area contributed by atoms with Crippen LogP contribution in [0.1, 0.15) is 38.5 Å². The standard InChI is InChI=1S/C13H24N2O3/c1-18-12-5-3-2-4-11(12)14-13(17)15-8-6-10(16)7-9-15/h10-12,16H,2-9H2,1H3,(H,14,17)/t11-,12-/m1/s1. The van der Waals surface area contributed by atoms with E-state index < -0.39 is 0 Å². The van der Waals surface area contributed by atoms with Crippen LogP contribution < -0.4 is 5.32 Å². The van der Waals surface area contributed by atoms with Crippen molar-refractivity contribution < 1.29 is 14.6 Å². The highest BCUT2D eigenvalue weighted by molar-refractivity contribution is 5.74. The predicted molar refractivity (Wildman–Crippen MR) is 68.4 cm³/mol. The average molecular weight is 256 g/mol. The third kappa shape index (κ3) is 3.36. The van der Waals surface area contributed by atoms with Crippen LogP contribution in [0.25, 0.3) is 0 Å². The van der Waals surface area contributed by atoms with Crippen LogP contribution in [-0.2, 0) is 4.74 Å². The number of likely N-dealkylation sites (tertiary alicyclic amines) is 1. The Morgan fingerprint density at radius 1 is 1.22 bits per heavy atom. The summed E-state index contributed by atoms with van der Waals surface area (Å²) in [4.78, 5) is 13.9. The van der Waals surface area contributed by atoms with Crippen LogP contribution >= 0.6 is 0 Å². The van der Waals surface area contributed by atoms with Crippen molar-refractivity contribution >= 4 is 6.03 Å². The van der Waals surface area contributed by atoms with Gasteiger partial charge in [0.05, 0.1) is 18.2 Å². The zero-order valence-corrected chi connectivity index (χ0v) is 11.1. The molecule has 0 bridgehead atoms. The van der Waals surface area contributed by atoms with E-state index in [0.29, 0.717) is 25.9 Å². The number of amides is 2. The van der Waals surface area contributed by atoms with Gasteiger partial charge in [-0.25, -0.2) is 4.79 Å². The third-order valence-electron chi connectivity index (χ3n) is 4.07. The molecule has 5 nitrogen and oxygen atoms in total. The summed E-state index contributed by atoms with van der Waals surface area (Å²) < 4.78 is 5.44. The number of nitrogens with one attached hydrogen (secondary N) is 1. The van der Waals surface area contributed by atoms with Gasteiger partial charge in [0.2, 0.25) is 0 Å². The molecule has 0 aromatic carbocycles. The van der Waals surface area contributed by atoms with E-state index in [0.717, 1.165) is 19.3 Å². The van der Waals surface area contributed by atoms with Gasteiger partial charge in [-0.2, -0.15) is 0 Å². The molecule has 0 radical (unpaired) electrons. The number of urea groups is 1. The molecule has 0 spiro atoms. The maximum absolute atomic E-state index is 12.1. The molecule has 0 unspecified atom stereocenters. The van der Waals surface area contributed by atoms with Gasteiger partial charge in [0.15, 0.2) is 0 Å². The second-order valence-corrected chi connectivity index (χ2v) is 5.33. The van der Waals surface area contributed by atoms with Crippen LogP contribution in [0.3, 0.4) is 0 Å². The fraction of sp³-hybridized carbons (Fsp3) is 0.923. The average Bonchev–Trinajstić information content (AvgIpc) is 2.40. The van der Waals surface area contributed by atoms with Crippen LogP contribution in [-0.4, -0.2) is 54.5 Å². The second-order valence-electron chi connectivity index (χ2n) is 5.33. The minimum atomic E-state index is -0.240.